The molecule has 1 fully saturated rings. The zero-order chi connectivity index (χ0) is 10.5. The van der Waals surface area contributed by atoms with E-state index in [4.69, 9.17) is 20.8 Å². The zero-order valence-electron chi connectivity index (χ0n) is 8.41. The maximum absolute atomic E-state index is 5.56. The minimum absolute atomic E-state index is 0.272. The highest BCUT2D eigenvalue weighted by Gasteiger charge is 2.16. The number of hydrogen-bond donors (Lipinski definition) is 1. The number of hydrogen-bond acceptors (Lipinski definition) is 5. The van der Waals surface area contributed by atoms with E-state index in [-0.39, 0.29) is 6.10 Å². The molecule has 1 unspecified atom stereocenters. The molecule has 84 valence electrons. The second kappa shape index (κ2) is 5.32. The predicted molar refractivity (Wildman–Crippen MR) is 56.2 cm³/mol. The number of aryl methyl sites for hydroxylation is 1. The van der Waals surface area contributed by atoms with Crippen LogP contribution in [0.25, 0.3) is 0 Å². The van der Waals surface area contributed by atoms with Crippen molar-refractivity contribution < 1.29 is 9.15 Å². The molecular formula is C9H14ClN3O2. The summed E-state index contributed by atoms with van der Waals surface area (Å²) in [6, 6.07) is 0.450. The first-order valence-corrected chi connectivity index (χ1v) is 5.66. The van der Waals surface area contributed by atoms with Crippen molar-refractivity contribution in [2.24, 2.45) is 0 Å². The van der Waals surface area contributed by atoms with Crippen molar-refractivity contribution in [3.05, 3.63) is 5.89 Å². The van der Waals surface area contributed by atoms with E-state index in [1.54, 1.807) is 0 Å². The SMILES string of the molecule is ClCCc1nnc(NCC2CCCO2)o1. The molecular weight excluding hydrogens is 218 g/mol. The highest BCUT2D eigenvalue weighted by molar-refractivity contribution is 6.17. The lowest BCUT2D eigenvalue weighted by atomic mass is 10.2. The van der Waals surface area contributed by atoms with E-state index < -0.39 is 0 Å². The van der Waals surface area contributed by atoms with Crippen molar-refractivity contribution in [2.45, 2.75) is 25.4 Å². The zero-order valence-corrected chi connectivity index (χ0v) is 9.16. The van der Waals surface area contributed by atoms with Gasteiger partial charge in [-0.1, -0.05) is 5.10 Å². The van der Waals surface area contributed by atoms with Crippen LogP contribution in [0, 0.1) is 0 Å². The number of ether oxygens (including phenoxy) is 1. The summed E-state index contributed by atoms with van der Waals surface area (Å²) in [6.07, 6.45) is 3.10. The summed E-state index contributed by atoms with van der Waals surface area (Å²) in [5.74, 6) is 1.06. The second-order valence-corrected chi connectivity index (χ2v) is 3.83. The summed E-state index contributed by atoms with van der Waals surface area (Å²) < 4.78 is 10.8. The van der Waals surface area contributed by atoms with Crippen LogP contribution in [0.15, 0.2) is 4.42 Å². The molecule has 0 saturated carbocycles. The number of halogens is 1. The minimum atomic E-state index is 0.272. The Morgan fingerprint density at radius 1 is 1.47 bits per heavy atom. The Bertz CT molecular complexity index is 299. The number of nitrogens with one attached hydrogen (secondary N) is 1. The summed E-state index contributed by atoms with van der Waals surface area (Å²) in [6.45, 7) is 1.58. The second-order valence-electron chi connectivity index (χ2n) is 3.46. The predicted octanol–water partition coefficient (Wildman–Crippen LogP) is 1.44. The molecule has 0 amide bonds. The molecule has 0 aliphatic carbocycles. The van der Waals surface area contributed by atoms with Gasteiger partial charge in [0, 0.05) is 25.5 Å². The third-order valence-corrected chi connectivity index (χ3v) is 2.47. The molecule has 1 aromatic rings. The van der Waals surface area contributed by atoms with Crippen LogP contribution in [0.3, 0.4) is 0 Å². The Hall–Kier alpha value is -0.810. The monoisotopic (exact) mass is 231 g/mol. The number of rotatable bonds is 5. The normalized spacial score (nSPS) is 20.7. The molecule has 1 atom stereocenters. The largest absolute Gasteiger partial charge is 0.408 e. The molecule has 6 heteroatoms. The van der Waals surface area contributed by atoms with Crippen molar-refractivity contribution >= 4 is 17.6 Å². The number of alkyl halides is 1. The van der Waals surface area contributed by atoms with Gasteiger partial charge in [-0.25, -0.2) is 0 Å². The summed E-state index contributed by atoms with van der Waals surface area (Å²) in [4.78, 5) is 0. The van der Waals surface area contributed by atoms with E-state index in [1.165, 1.54) is 0 Å². The van der Waals surface area contributed by atoms with Crippen molar-refractivity contribution in [3.63, 3.8) is 0 Å². The van der Waals surface area contributed by atoms with Gasteiger partial charge >= 0.3 is 6.01 Å². The molecule has 1 saturated heterocycles. The first-order valence-electron chi connectivity index (χ1n) is 5.12. The van der Waals surface area contributed by atoms with Gasteiger partial charge in [-0.2, -0.15) is 0 Å². The first kappa shape index (κ1) is 10.7. The van der Waals surface area contributed by atoms with Crippen molar-refractivity contribution in [3.8, 4) is 0 Å². The maximum Gasteiger partial charge on any atom is 0.315 e. The maximum atomic E-state index is 5.56. The lowest BCUT2D eigenvalue weighted by Crippen LogP contribution is -2.18. The minimum Gasteiger partial charge on any atom is -0.408 e. The molecule has 0 bridgehead atoms. The van der Waals surface area contributed by atoms with Gasteiger partial charge in [0.15, 0.2) is 0 Å². The fourth-order valence-electron chi connectivity index (χ4n) is 1.51. The Kier molecular flexibility index (Phi) is 3.80. The molecule has 5 nitrogen and oxygen atoms in total. The third-order valence-electron chi connectivity index (χ3n) is 2.28. The topological polar surface area (TPSA) is 60.2 Å². The third kappa shape index (κ3) is 3.07. The van der Waals surface area contributed by atoms with E-state index in [0.717, 1.165) is 26.0 Å². The van der Waals surface area contributed by atoms with Crippen LogP contribution >= 0.6 is 11.6 Å². The van der Waals surface area contributed by atoms with E-state index in [0.29, 0.717) is 24.2 Å². The average Bonchev–Trinajstić information content (AvgIpc) is 2.85. The van der Waals surface area contributed by atoms with Gasteiger partial charge in [-0.15, -0.1) is 16.7 Å². The van der Waals surface area contributed by atoms with Crippen molar-refractivity contribution in [2.75, 3.05) is 24.3 Å². The standard InChI is InChI=1S/C9H14ClN3O2/c10-4-3-8-12-13-9(15-8)11-6-7-2-1-5-14-7/h7H,1-6H2,(H,11,13). The lowest BCUT2D eigenvalue weighted by molar-refractivity contribution is 0.120. The van der Waals surface area contributed by atoms with Gasteiger partial charge in [0.05, 0.1) is 6.10 Å². The van der Waals surface area contributed by atoms with Crippen molar-refractivity contribution in [1.29, 1.82) is 0 Å². The van der Waals surface area contributed by atoms with Gasteiger partial charge in [0.2, 0.25) is 5.89 Å². The lowest BCUT2D eigenvalue weighted by Gasteiger charge is -2.07. The van der Waals surface area contributed by atoms with Crippen LogP contribution in [0.5, 0.6) is 0 Å². The molecule has 0 radical (unpaired) electrons. The van der Waals surface area contributed by atoms with Crippen LogP contribution in [-0.4, -0.2) is 35.3 Å². The van der Waals surface area contributed by atoms with Gasteiger partial charge < -0.3 is 14.5 Å². The number of nitrogens with zero attached hydrogens (tertiary/aromatic N) is 2. The van der Waals surface area contributed by atoms with Crippen LogP contribution in [0.2, 0.25) is 0 Å². The molecule has 1 aliphatic rings. The molecule has 0 spiro atoms. The molecule has 15 heavy (non-hydrogen) atoms. The Morgan fingerprint density at radius 3 is 3.13 bits per heavy atom. The molecule has 1 aromatic heterocycles. The van der Waals surface area contributed by atoms with Crippen LogP contribution < -0.4 is 5.32 Å². The Labute approximate surface area is 93.1 Å². The van der Waals surface area contributed by atoms with Gasteiger partial charge in [-0.05, 0) is 12.8 Å². The van der Waals surface area contributed by atoms with Gasteiger partial charge in [0.1, 0.15) is 0 Å². The van der Waals surface area contributed by atoms with Crippen molar-refractivity contribution in [1.82, 2.24) is 10.2 Å². The summed E-state index contributed by atoms with van der Waals surface area (Å²) in [5.41, 5.74) is 0. The molecule has 1 aliphatic heterocycles. The van der Waals surface area contributed by atoms with Crippen LogP contribution in [0.1, 0.15) is 18.7 Å². The highest BCUT2D eigenvalue weighted by Crippen LogP contribution is 2.13. The number of anilines is 1. The highest BCUT2D eigenvalue weighted by atomic mass is 35.5. The summed E-state index contributed by atoms with van der Waals surface area (Å²) in [7, 11) is 0. The number of aromatic nitrogens is 2. The molecule has 1 N–H and O–H groups in total. The molecule has 0 aromatic carbocycles. The van der Waals surface area contributed by atoms with E-state index in [2.05, 4.69) is 15.5 Å². The van der Waals surface area contributed by atoms with Crippen LogP contribution in [-0.2, 0) is 11.2 Å². The van der Waals surface area contributed by atoms with E-state index in [1.807, 2.05) is 0 Å². The smallest absolute Gasteiger partial charge is 0.315 e. The van der Waals surface area contributed by atoms with Gasteiger partial charge in [-0.3, -0.25) is 0 Å². The summed E-state index contributed by atoms with van der Waals surface area (Å²) in [5, 5.41) is 10.8. The van der Waals surface area contributed by atoms with E-state index in [9.17, 15) is 0 Å². The van der Waals surface area contributed by atoms with Gasteiger partial charge in [0.25, 0.3) is 0 Å². The fraction of sp³-hybridized carbons (Fsp3) is 0.778. The van der Waals surface area contributed by atoms with E-state index >= 15 is 0 Å². The average molecular weight is 232 g/mol. The molecule has 2 heterocycles. The Balaban J connectivity index is 1.77. The summed E-state index contributed by atoms with van der Waals surface area (Å²) >= 11 is 5.56. The van der Waals surface area contributed by atoms with Crippen LogP contribution in [0.4, 0.5) is 6.01 Å². The first-order chi connectivity index (χ1) is 7.38. The fourth-order valence-corrected chi connectivity index (χ4v) is 1.68. The quantitative estimate of drug-likeness (QED) is 0.778. The molecule has 2 rings (SSSR count). The Morgan fingerprint density at radius 2 is 2.40 bits per heavy atom.